The highest BCUT2D eigenvalue weighted by atomic mass is 16.5. The van der Waals surface area contributed by atoms with Crippen molar-refractivity contribution in [3.05, 3.63) is 47.6 Å². The van der Waals surface area contributed by atoms with Crippen LogP contribution in [0.25, 0.3) is 0 Å². The zero-order valence-electron chi connectivity index (χ0n) is 12.7. The number of aryl methyl sites for hydroxylation is 1. The minimum Gasteiger partial charge on any atom is -0.375 e. The number of carbonyl (C=O) groups excluding carboxylic acids is 1. The van der Waals surface area contributed by atoms with Crippen molar-refractivity contribution in [1.82, 2.24) is 15.0 Å². The van der Waals surface area contributed by atoms with E-state index in [1.165, 1.54) is 12.7 Å². The molecule has 1 aromatic heterocycles. The summed E-state index contributed by atoms with van der Waals surface area (Å²) in [6.45, 7) is 3.10. The van der Waals surface area contributed by atoms with Gasteiger partial charge < -0.3 is 14.2 Å². The lowest BCUT2D eigenvalue weighted by molar-refractivity contribution is -0.134. The predicted octanol–water partition coefficient (Wildman–Crippen LogP) is 1.73. The molecule has 1 aromatic carbocycles. The van der Waals surface area contributed by atoms with E-state index in [4.69, 9.17) is 9.26 Å². The molecule has 0 radical (unpaired) electrons. The summed E-state index contributed by atoms with van der Waals surface area (Å²) in [7, 11) is 1.53. The molecule has 2 unspecified atom stereocenters. The summed E-state index contributed by atoms with van der Waals surface area (Å²) in [6, 6.07) is 10.1. The van der Waals surface area contributed by atoms with E-state index in [1.54, 1.807) is 6.92 Å². The van der Waals surface area contributed by atoms with Crippen molar-refractivity contribution < 1.29 is 14.1 Å². The van der Waals surface area contributed by atoms with Crippen LogP contribution in [0.1, 0.15) is 29.1 Å². The number of benzene rings is 1. The monoisotopic (exact) mass is 301 g/mol. The zero-order chi connectivity index (χ0) is 15.5. The largest absolute Gasteiger partial charge is 0.375 e. The third-order valence-electron chi connectivity index (χ3n) is 4.03. The molecular weight excluding hydrogens is 282 g/mol. The first-order valence-corrected chi connectivity index (χ1v) is 7.31. The number of nitrogens with zero attached hydrogens (tertiary/aromatic N) is 3. The Labute approximate surface area is 129 Å². The second-order valence-electron chi connectivity index (χ2n) is 5.54. The Kier molecular flexibility index (Phi) is 4.20. The van der Waals surface area contributed by atoms with Crippen LogP contribution >= 0.6 is 0 Å². The van der Waals surface area contributed by atoms with Crippen molar-refractivity contribution in [2.75, 3.05) is 26.8 Å². The molecule has 2 aromatic rings. The second-order valence-corrected chi connectivity index (χ2v) is 5.54. The van der Waals surface area contributed by atoms with Crippen LogP contribution in [0, 0.1) is 6.92 Å². The van der Waals surface area contributed by atoms with Gasteiger partial charge in [-0.2, -0.15) is 4.98 Å². The molecule has 1 aliphatic heterocycles. The van der Waals surface area contributed by atoms with Gasteiger partial charge in [0.2, 0.25) is 11.8 Å². The summed E-state index contributed by atoms with van der Waals surface area (Å²) >= 11 is 0. The van der Waals surface area contributed by atoms with Crippen molar-refractivity contribution in [3.8, 4) is 0 Å². The molecule has 0 saturated carbocycles. The maximum atomic E-state index is 12.1. The molecule has 22 heavy (non-hydrogen) atoms. The van der Waals surface area contributed by atoms with Crippen LogP contribution in [0.2, 0.25) is 0 Å². The Bertz CT molecular complexity index is 641. The number of hydrogen-bond donors (Lipinski definition) is 0. The van der Waals surface area contributed by atoms with Crippen LogP contribution in [-0.2, 0) is 9.53 Å². The van der Waals surface area contributed by atoms with Gasteiger partial charge in [-0.25, -0.2) is 0 Å². The van der Waals surface area contributed by atoms with Gasteiger partial charge in [-0.3, -0.25) is 4.79 Å². The second kappa shape index (κ2) is 6.27. The zero-order valence-corrected chi connectivity index (χ0v) is 12.7. The highest BCUT2D eigenvalue weighted by molar-refractivity contribution is 5.78. The van der Waals surface area contributed by atoms with Gasteiger partial charge in [0, 0.05) is 26.1 Å². The van der Waals surface area contributed by atoms with Gasteiger partial charge in [0.25, 0.3) is 0 Å². The van der Waals surface area contributed by atoms with Crippen LogP contribution in [0.4, 0.5) is 0 Å². The van der Waals surface area contributed by atoms with E-state index >= 15 is 0 Å². The molecule has 6 heteroatoms. The fourth-order valence-corrected chi connectivity index (χ4v) is 2.97. The number of amides is 1. The van der Waals surface area contributed by atoms with Crippen LogP contribution in [0.3, 0.4) is 0 Å². The minimum absolute atomic E-state index is 0.0119. The number of likely N-dealkylation sites (tertiary alicyclic amines) is 1. The lowest BCUT2D eigenvalue weighted by Crippen LogP contribution is -2.31. The van der Waals surface area contributed by atoms with Crippen LogP contribution < -0.4 is 0 Å². The Balaban J connectivity index is 1.88. The molecule has 0 aliphatic carbocycles. The summed E-state index contributed by atoms with van der Waals surface area (Å²) in [4.78, 5) is 18.3. The van der Waals surface area contributed by atoms with Crippen molar-refractivity contribution in [2.24, 2.45) is 0 Å². The molecule has 3 rings (SSSR count). The van der Waals surface area contributed by atoms with Gasteiger partial charge >= 0.3 is 0 Å². The average molecular weight is 301 g/mol. The van der Waals surface area contributed by atoms with E-state index in [2.05, 4.69) is 22.3 Å². The highest BCUT2D eigenvalue weighted by Gasteiger charge is 2.39. The quantitative estimate of drug-likeness (QED) is 0.860. The molecule has 1 aliphatic rings. The van der Waals surface area contributed by atoms with Gasteiger partial charge in [0.15, 0.2) is 5.82 Å². The molecule has 1 saturated heterocycles. The number of ether oxygens (including phenoxy) is 1. The molecule has 116 valence electrons. The molecule has 2 heterocycles. The normalized spacial score (nSPS) is 21.3. The van der Waals surface area contributed by atoms with E-state index in [-0.39, 0.29) is 24.3 Å². The summed E-state index contributed by atoms with van der Waals surface area (Å²) in [5.74, 6) is 1.37. The number of aromatic nitrogens is 2. The molecule has 0 bridgehead atoms. The van der Waals surface area contributed by atoms with Crippen molar-refractivity contribution in [2.45, 2.75) is 18.8 Å². The first-order chi connectivity index (χ1) is 10.7. The van der Waals surface area contributed by atoms with Crippen molar-refractivity contribution in [3.63, 3.8) is 0 Å². The Hall–Kier alpha value is -2.21. The number of carbonyl (C=O) groups is 1. The minimum atomic E-state index is -0.0119. The summed E-state index contributed by atoms with van der Waals surface area (Å²) in [5.41, 5.74) is 1.18. The molecule has 0 N–H and O–H groups in total. The third-order valence-corrected chi connectivity index (χ3v) is 4.03. The van der Waals surface area contributed by atoms with Gasteiger partial charge in [-0.1, -0.05) is 35.5 Å². The maximum absolute atomic E-state index is 12.1. The lowest BCUT2D eigenvalue weighted by Gasteiger charge is -2.16. The molecule has 6 nitrogen and oxygen atoms in total. The first-order valence-electron chi connectivity index (χ1n) is 7.31. The molecule has 1 amide bonds. The predicted molar refractivity (Wildman–Crippen MR) is 79.4 cm³/mol. The van der Waals surface area contributed by atoms with E-state index in [0.717, 1.165) is 0 Å². The van der Waals surface area contributed by atoms with Gasteiger partial charge in [0.05, 0.1) is 5.92 Å². The van der Waals surface area contributed by atoms with Gasteiger partial charge in [-0.05, 0) is 12.5 Å². The summed E-state index contributed by atoms with van der Waals surface area (Å²) < 4.78 is 10.3. The van der Waals surface area contributed by atoms with E-state index in [9.17, 15) is 4.79 Å². The molecule has 0 spiro atoms. The van der Waals surface area contributed by atoms with E-state index in [0.29, 0.717) is 24.8 Å². The fourth-order valence-electron chi connectivity index (χ4n) is 2.97. The van der Waals surface area contributed by atoms with Crippen molar-refractivity contribution in [1.29, 1.82) is 0 Å². The topological polar surface area (TPSA) is 68.5 Å². The van der Waals surface area contributed by atoms with Crippen molar-refractivity contribution >= 4 is 5.91 Å². The fraction of sp³-hybridized carbons (Fsp3) is 0.438. The van der Waals surface area contributed by atoms with Gasteiger partial charge in [0.1, 0.15) is 6.61 Å². The Morgan fingerprint density at radius 2 is 2.05 bits per heavy atom. The van der Waals surface area contributed by atoms with Crippen LogP contribution in [0.5, 0.6) is 0 Å². The maximum Gasteiger partial charge on any atom is 0.248 e. The summed E-state index contributed by atoms with van der Waals surface area (Å²) in [5, 5.41) is 3.88. The average Bonchev–Trinajstić information content (AvgIpc) is 3.14. The lowest BCUT2D eigenvalue weighted by atomic mass is 9.89. The van der Waals surface area contributed by atoms with E-state index < -0.39 is 0 Å². The molecule has 2 atom stereocenters. The Morgan fingerprint density at radius 1 is 1.32 bits per heavy atom. The van der Waals surface area contributed by atoms with Crippen LogP contribution in [0.15, 0.2) is 34.9 Å². The summed E-state index contributed by atoms with van der Waals surface area (Å²) in [6.07, 6.45) is 0. The smallest absolute Gasteiger partial charge is 0.248 e. The van der Waals surface area contributed by atoms with Crippen LogP contribution in [-0.4, -0.2) is 47.8 Å². The number of rotatable bonds is 4. The first kappa shape index (κ1) is 14.7. The van der Waals surface area contributed by atoms with Gasteiger partial charge in [-0.15, -0.1) is 0 Å². The third kappa shape index (κ3) is 2.87. The highest BCUT2D eigenvalue weighted by Crippen LogP contribution is 2.38. The standard InChI is InChI=1S/C16H19N3O3/c1-11-17-16(22-18-11)14-9-19(15(20)10-21-2)8-13(14)12-6-4-3-5-7-12/h3-7,13-14H,8-10H2,1-2H3. The van der Waals surface area contributed by atoms with E-state index in [1.807, 2.05) is 23.1 Å². The molecular formula is C16H19N3O3. The SMILES string of the molecule is COCC(=O)N1CC(c2ccccc2)C(c2nc(C)no2)C1. The Morgan fingerprint density at radius 3 is 2.68 bits per heavy atom. The number of methoxy groups -OCH3 is 1. The number of hydrogen-bond acceptors (Lipinski definition) is 5. The molecule has 1 fully saturated rings.